The predicted molar refractivity (Wildman–Crippen MR) is 148 cm³/mol. The summed E-state index contributed by atoms with van der Waals surface area (Å²) in [5.41, 5.74) is 14.4. The summed E-state index contributed by atoms with van der Waals surface area (Å²) in [5, 5.41) is 8.47. The highest BCUT2D eigenvalue weighted by molar-refractivity contribution is 6.33. The Labute approximate surface area is 228 Å². The Morgan fingerprint density at radius 3 is 2.56 bits per heavy atom. The fourth-order valence-corrected chi connectivity index (χ4v) is 5.06. The van der Waals surface area contributed by atoms with E-state index in [1.54, 1.807) is 47.2 Å². The lowest BCUT2D eigenvalue weighted by Crippen LogP contribution is -2.33. The Kier molecular flexibility index (Phi) is 7.42. The van der Waals surface area contributed by atoms with Crippen LogP contribution in [-0.4, -0.2) is 34.6 Å². The van der Waals surface area contributed by atoms with Gasteiger partial charge in [-0.25, -0.2) is 9.51 Å². The number of methoxy groups -OCH3 is 1. The van der Waals surface area contributed by atoms with Gasteiger partial charge in [0.05, 0.1) is 46.3 Å². The van der Waals surface area contributed by atoms with Crippen molar-refractivity contribution < 1.29 is 17.9 Å². The number of anilines is 1. The van der Waals surface area contributed by atoms with Crippen LogP contribution < -0.4 is 21.5 Å². The summed E-state index contributed by atoms with van der Waals surface area (Å²) in [6, 6.07) is 12.9. The Hall–Kier alpha value is -3.76. The van der Waals surface area contributed by atoms with E-state index in [4.69, 9.17) is 27.8 Å². The van der Waals surface area contributed by atoms with Gasteiger partial charge in [0.1, 0.15) is 11.6 Å². The van der Waals surface area contributed by atoms with E-state index in [-0.39, 0.29) is 29.2 Å². The molecule has 11 heteroatoms. The zero-order valence-electron chi connectivity index (χ0n) is 21.2. The largest absolute Gasteiger partial charge is 0.497 e. The maximum Gasteiger partial charge on any atom is 0.417 e. The number of para-hydroxylation sites is 1. The van der Waals surface area contributed by atoms with Gasteiger partial charge in [0, 0.05) is 23.8 Å². The number of benzene rings is 2. The molecule has 0 saturated heterocycles. The molecule has 204 valence electrons. The zero-order valence-corrected chi connectivity index (χ0v) is 21.9. The lowest BCUT2D eigenvalue weighted by atomic mass is 9.91. The summed E-state index contributed by atoms with van der Waals surface area (Å²) in [4.78, 5) is 4.52. The standard InChI is InChI=1S/C28H28ClF3N6O/c1-39-19-10-11-20(22(13-19)28(30,31)32)16-12-25-26(36-18-8-6-17(33)7-9-18)21(14-35-38(25)15-16)27(34)37-24-5-3-2-4-23(24)29/h2-5,10-15,17-18,36H,6-9,33H2,1H3,(H2,34,37)/t17-,18-. The second-order valence-electron chi connectivity index (χ2n) is 9.61. The van der Waals surface area contributed by atoms with Gasteiger partial charge in [0.25, 0.3) is 0 Å². The Morgan fingerprint density at radius 2 is 1.87 bits per heavy atom. The molecule has 1 saturated carbocycles. The average molecular weight is 557 g/mol. The number of ether oxygens (including phenoxy) is 1. The van der Waals surface area contributed by atoms with Crippen molar-refractivity contribution >= 4 is 34.3 Å². The van der Waals surface area contributed by atoms with Crippen LogP contribution in [0.2, 0.25) is 5.02 Å². The molecule has 0 amide bonds. The number of fused-ring (bicyclic) bond motifs is 1. The molecule has 0 radical (unpaired) electrons. The summed E-state index contributed by atoms with van der Waals surface area (Å²) in [6.07, 6.45) is 1.98. The number of nitrogens with two attached hydrogens (primary N) is 2. The molecule has 39 heavy (non-hydrogen) atoms. The lowest BCUT2D eigenvalue weighted by molar-refractivity contribution is -0.137. The summed E-state index contributed by atoms with van der Waals surface area (Å²) in [7, 11) is 1.33. The fraction of sp³-hybridized carbons (Fsp3) is 0.286. The van der Waals surface area contributed by atoms with Crippen LogP contribution in [0.5, 0.6) is 5.75 Å². The number of alkyl halides is 3. The van der Waals surface area contributed by atoms with Gasteiger partial charge in [0.2, 0.25) is 0 Å². The molecule has 2 heterocycles. The van der Waals surface area contributed by atoms with Gasteiger partial charge >= 0.3 is 6.18 Å². The van der Waals surface area contributed by atoms with Gasteiger partial charge in [-0.1, -0.05) is 29.8 Å². The van der Waals surface area contributed by atoms with Gasteiger partial charge in [-0.3, -0.25) is 0 Å². The molecule has 4 aromatic rings. The van der Waals surface area contributed by atoms with Crippen LogP contribution in [0.25, 0.3) is 16.6 Å². The zero-order chi connectivity index (χ0) is 27.7. The SMILES string of the molecule is COc1ccc(-c2cc3c(N[C@H]4CC[C@H](N)CC4)c(/C(N)=N/c4ccccc4Cl)cnn3c2)c(C(F)(F)F)c1. The summed E-state index contributed by atoms with van der Waals surface area (Å²) >= 11 is 6.29. The molecule has 0 aliphatic heterocycles. The van der Waals surface area contributed by atoms with Gasteiger partial charge in [-0.15, -0.1) is 0 Å². The lowest BCUT2D eigenvalue weighted by Gasteiger charge is -2.28. The van der Waals surface area contributed by atoms with Crippen LogP contribution in [0.3, 0.4) is 0 Å². The third-order valence-corrected chi connectivity index (χ3v) is 7.29. The van der Waals surface area contributed by atoms with Crippen molar-refractivity contribution in [3.05, 3.63) is 77.1 Å². The van der Waals surface area contributed by atoms with Gasteiger partial charge < -0.3 is 21.5 Å². The molecule has 0 bridgehead atoms. The van der Waals surface area contributed by atoms with Crippen LogP contribution in [0.1, 0.15) is 36.8 Å². The fourth-order valence-electron chi connectivity index (χ4n) is 4.89. The minimum Gasteiger partial charge on any atom is -0.497 e. The molecule has 5 N–H and O–H groups in total. The van der Waals surface area contributed by atoms with E-state index in [1.165, 1.54) is 19.2 Å². The number of halogens is 4. The van der Waals surface area contributed by atoms with Crippen molar-refractivity contribution in [1.82, 2.24) is 9.61 Å². The van der Waals surface area contributed by atoms with E-state index in [2.05, 4.69) is 15.4 Å². The second-order valence-corrected chi connectivity index (χ2v) is 10.0. The Balaban J connectivity index is 1.65. The van der Waals surface area contributed by atoms with E-state index >= 15 is 0 Å². The molecule has 0 spiro atoms. The molecule has 5 rings (SSSR count). The Morgan fingerprint density at radius 1 is 1.13 bits per heavy atom. The number of hydrogen-bond donors (Lipinski definition) is 3. The molecule has 1 aliphatic rings. The minimum absolute atomic E-state index is 0.0163. The van der Waals surface area contributed by atoms with Crippen LogP contribution in [0.15, 0.2) is 65.9 Å². The number of nitrogens with zero attached hydrogens (tertiary/aromatic N) is 3. The van der Waals surface area contributed by atoms with E-state index in [9.17, 15) is 13.2 Å². The van der Waals surface area contributed by atoms with Gasteiger partial charge in [0.15, 0.2) is 0 Å². The van der Waals surface area contributed by atoms with Crippen LogP contribution in [0.4, 0.5) is 24.5 Å². The molecule has 2 aromatic carbocycles. The van der Waals surface area contributed by atoms with E-state index in [0.29, 0.717) is 33.0 Å². The number of amidine groups is 1. The van der Waals surface area contributed by atoms with E-state index in [0.717, 1.165) is 31.7 Å². The molecule has 0 atom stereocenters. The first-order valence-electron chi connectivity index (χ1n) is 12.5. The van der Waals surface area contributed by atoms with Crippen molar-refractivity contribution in [2.24, 2.45) is 16.5 Å². The molecule has 1 fully saturated rings. The molecular formula is C28H28ClF3N6O. The number of aliphatic imine (C=N–C) groups is 1. The summed E-state index contributed by atoms with van der Waals surface area (Å²) in [6.45, 7) is 0. The van der Waals surface area contributed by atoms with E-state index < -0.39 is 11.7 Å². The normalized spacial score (nSPS) is 18.4. The topological polar surface area (TPSA) is 103 Å². The number of nitrogens with one attached hydrogen (secondary N) is 1. The van der Waals surface area contributed by atoms with Crippen molar-refractivity contribution in [2.75, 3.05) is 12.4 Å². The first-order chi connectivity index (χ1) is 18.6. The summed E-state index contributed by atoms with van der Waals surface area (Å²) in [5.74, 6) is 0.299. The van der Waals surface area contributed by atoms with E-state index in [1.807, 2.05) is 0 Å². The van der Waals surface area contributed by atoms with Crippen molar-refractivity contribution in [2.45, 2.75) is 43.9 Å². The van der Waals surface area contributed by atoms with Crippen LogP contribution >= 0.6 is 11.6 Å². The van der Waals surface area contributed by atoms with Crippen molar-refractivity contribution in [1.29, 1.82) is 0 Å². The monoisotopic (exact) mass is 556 g/mol. The third-order valence-electron chi connectivity index (χ3n) is 6.97. The second kappa shape index (κ2) is 10.8. The highest BCUT2D eigenvalue weighted by Crippen LogP contribution is 2.40. The van der Waals surface area contributed by atoms with Crippen LogP contribution in [-0.2, 0) is 6.18 Å². The third kappa shape index (κ3) is 5.67. The number of hydrogen-bond acceptors (Lipinski definition) is 5. The maximum atomic E-state index is 14.0. The maximum absolute atomic E-state index is 14.0. The smallest absolute Gasteiger partial charge is 0.417 e. The highest BCUT2D eigenvalue weighted by atomic mass is 35.5. The highest BCUT2D eigenvalue weighted by Gasteiger charge is 2.34. The van der Waals surface area contributed by atoms with Crippen molar-refractivity contribution in [3.8, 4) is 16.9 Å². The van der Waals surface area contributed by atoms with Crippen molar-refractivity contribution in [3.63, 3.8) is 0 Å². The Bertz CT molecular complexity index is 1530. The van der Waals surface area contributed by atoms with Gasteiger partial charge in [-0.05, 0) is 61.6 Å². The average Bonchev–Trinajstić information content (AvgIpc) is 3.35. The number of rotatable bonds is 6. The predicted octanol–water partition coefficient (Wildman–Crippen LogP) is 6.40. The quantitative estimate of drug-likeness (QED) is 0.188. The molecule has 2 aromatic heterocycles. The van der Waals surface area contributed by atoms with Crippen LogP contribution in [0, 0.1) is 0 Å². The molecular weight excluding hydrogens is 529 g/mol. The van der Waals surface area contributed by atoms with Gasteiger partial charge in [-0.2, -0.15) is 18.3 Å². The molecule has 1 aliphatic carbocycles. The first-order valence-corrected chi connectivity index (χ1v) is 12.9. The number of aromatic nitrogens is 2. The first kappa shape index (κ1) is 26.8. The molecule has 7 nitrogen and oxygen atoms in total. The molecule has 0 unspecified atom stereocenters. The minimum atomic E-state index is -4.58. The summed E-state index contributed by atoms with van der Waals surface area (Å²) < 4.78 is 48.6.